The second kappa shape index (κ2) is 9.07. The number of ether oxygens (including phenoxy) is 1. The molecule has 6 nitrogen and oxygen atoms in total. The summed E-state index contributed by atoms with van der Waals surface area (Å²) in [5.74, 6) is 0.225. The number of amides is 1. The number of sulfonamides is 1. The fourth-order valence-corrected chi connectivity index (χ4v) is 4.35. The Morgan fingerprint density at radius 1 is 1.35 bits per heavy atom. The Balaban J connectivity index is 2.07. The molecule has 1 aromatic carbocycles. The lowest BCUT2D eigenvalue weighted by Crippen LogP contribution is -2.48. The maximum atomic E-state index is 12.5. The molecule has 1 aromatic rings. The van der Waals surface area contributed by atoms with Crippen molar-refractivity contribution in [2.75, 3.05) is 24.2 Å². The first-order valence-corrected chi connectivity index (χ1v) is 10.8. The number of rotatable bonds is 8. The van der Waals surface area contributed by atoms with Crippen LogP contribution in [0.25, 0.3) is 0 Å². The lowest BCUT2D eigenvalue weighted by atomic mass is 9.97. The molecule has 0 radical (unpaired) electrons. The number of methoxy groups -OCH3 is 1. The van der Waals surface area contributed by atoms with Crippen LogP contribution in [0.15, 0.2) is 35.9 Å². The van der Waals surface area contributed by atoms with Crippen LogP contribution in [-0.4, -0.2) is 40.3 Å². The van der Waals surface area contributed by atoms with E-state index in [9.17, 15) is 13.2 Å². The minimum Gasteiger partial charge on any atom is -0.497 e. The predicted octanol–water partition coefficient (Wildman–Crippen LogP) is 2.86. The Labute approximate surface area is 156 Å². The molecule has 0 saturated carbocycles. The second-order valence-electron chi connectivity index (χ2n) is 6.59. The van der Waals surface area contributed by atoms with E-state index in [1.54, 1.807) is 31.2 Å². The summed E-state index contributed by atoms with van der Waals surface area (Å²) in [4.78, 5) is 12.5. The van der Waals surface area contributed by atoms with Gasteiger partial charge in [0.05, 0.1) is 19.1 Å². The molecule has 26 heavy (non-hydrogen) atoms. The third-order valence-corrected chi connectivity index (χ3v) is 5.77. The molecule has 0 unspecified atom stereocenters. The van der Waals surface area contributed by atoms with E-state index in [0.717, 1.165) is 29.8 Å². The van der Waals surface area contributed by atoms with Gasteiger partial charge in [0.15, 0.2) is 0 Å². The van der Waals surface area contributed by atoms with Crippen LogP contribution >= 0.6 is 0 Å². The quantitative estimate of drug-likeness (QED) is 0.704. The molecule has 1 aliphatic carbocycles. The Bertz CT molecular complexity index is 759. The van der Waals surface area contributed by atoms with Crippen LogP contribution in [0.1, 0.15) is 39.0 Å². The number of carbonyl (C=O) groups is 1. The van der Waals surface area contributed by atoms with Crippen molar-refractivity contribution in [1.29, 1.82) is 0 Å². The summed E-state index contributed by atoms with van der Waals surface area (Å²) in [7, 11) is -2.11. The second-order valence-corrected chi connectivity index (χ2v) is 8.44. The van der Waals surface area contributed by atoms with Gasteiger partial charge < -0.3 is 10.1 Å². The summed E-state index contributed by atoms with van der Waals surface area (Å²) < 4.78 is 30.9. The van der Waals surface area contributed by atoms with Gasteiger partial charge in [-0.1, -0.05) is 17.7 Å². The van der Waals surface area contributed by atoms with Crippen molar-refractivity contribution in [2.24, 2.45) is 0 Å². The van der Waals surface area contributed by atoms with Gasteiger partial charge in [-0.15, -0.1) is 0 Å². The summed E-state index contributed by atoms with van der Waals surface area (Å²) in [6.07, 6.45) is 8.80. The van der Waals surface area contributed by atoms with Gasteiger partial charge in [0.2, 0.25) is 15.9 Å². The molecule has 144 valence electrons. The third-order valence-electron chi connectivity index (χ3n) is 4.53. The van der Waals surface area contributed by atoms with Crippen molar-refractivity contribution in [3.05, 3.63) is 35.9 Å². The number of nitrogens with zero attached hydrogens (tertiary/aromatic N) is 1. The molecule has 1 N–H and O–H groups in total. The van der Waals surface area contributed by atoms with Gasteiger partial charge in [-0.05, 0) is 51.2 Å². The number of hydrogen-bond donors (Lipinski definition) is 1. The van der Waals surface area contributed by atoms with E-state index in [0.29, 0.717) is 18.0 Å². The minimum absolute atomic E-state index is 0.311. The largest absolute Gasteiger partial charge is 0.497 e. The molecule has 0 bridgehead atoms. The van der Waals surface area contributed by atoms with E-state index in [2.05, 4.69) is 11.4 Å². The van der Waals surface area contributed by atoms with Crippen LogP contribution in [0.5, 0.6) is 5.75 Å². The molecule has 0 saturated heterocycles. The number of benzene rings is 1. The fraction of sp³-hybridized carbons (Fsp3) is 0.526. The van der Waals surface area contributed by atoms with Crippen molar-refractivity contribution in [3.8, 4) is 5.75 Å². The highest BCUT2D eigenvalue weighted by atomic mass is 32.2. The van der Waals surface area contributed by atoms with Crippen LogP contribution < -0.4 is 14.4 Å². The van der Waals surface area contributed by atoms with E-state index in [1.807, 2.05) is 0 Å². The highest BCUT2D eigenvalue weighted by molar-refractivity contribution is 7.92. The Morgan fingerprint density at radius 2 is 2.12 bits per heavy atom. The van der Waals surface area contributed by atoms with E-state index in [1.165, 1.54) is 25.5 Å². The summed E-state index contributed by atoms with van der Waals surface area (Å²) in [6, 6.07) is 5.84. The van der Waals surface area contributed by atoms with Crippen molar-refractivity contribution in [2.45, 2.75) is 45.1 Å². The van der Waals surface area contributed by atoms with Crippen molar-refractivity contribution in [3.63, 3.8) is 0 Å². The van der Waals surface area contributed by atoms with Crippen LogP contribution in [0.3, 0.4) is 0 Å². The maximum Gasteiger partial charge on any atom is 0.243 e. The number of nitrogens with one attached hydrogen (secondary N) is 1. The zero-order valence-electron chi connectivity index (χ0n) is 15.7. The average molecular weight is 381 g/mol. The topological polar surface area (TPSA) is 75.7 Å². The summed E-state index contributed by atoms with van der Waals surface area (Å²) in [6.45, 7) is 2.11. The molecule has 0 aromatic heterocycles. The highest BCUT2D eigenvalue weighted by Crippen LogP contribution is 2.25. The highest BCUT2D eigenvalue weighted by Gasteiger charge is 2.29. The first kappa shape index (κ1) is 20.3. The molecule has 0 heterocycles. The number of anilines is 1. The van der Waals surface area contributed by atoms with Gasteiger partial charge in [-0.25, -0.2) is 8.42 Å². The zero-order chi connectivity index (χ0) is 19.2. The maximum absolute atomic E-state index is 12.5. The van der Waals surface area contributed by atoms with E-state index in [-0.39, 0.29) is 5.91 Å². The molecule has 0 spiro atoms. The lowest BCUT2D eigenvalue weighted by molar-refractivity contribution is -0.121. The molecular formula is C19H28N2O4S. The summed E-state index contributed by atoms with van der Waals surface area (Å²) in [5.41, 5.74) is 1.78. The third kappa shape index (κ3) is 5.49. The van der Waals surface area contributed by atoms with Crippen LogP contribution in [0.2, 0.25) is 0 Å². The van der Waals surface area contributed by atoms with E-state index in [4.69, 9.17) is 4.74 Å². The Kier molecular flexibility index (Phi) is 7.08. The van der Waals surface area contributed by atoms with Gasteiger partial charge in [0, 0.05) is 12.6 Å². The van der Waals surface area contributed by atoms with Crippen molar-refractivity contribution in [1.82, 2.24) is 5.32 Å². The van der Waals surface area contributed by atoms with Crippen LogP contribution in [-0.2, 0) is 14.8 Å². The average Bonchev–Trinajstić information content (AvgIpc) is 2.61. The molecule has 0 aliphatic heterocycles. The number of carbonyl (C=O) groups excluding carboxylic acids is 1. The van der Waals surface area contributed by atoms with Crippen molar-refractivity contribution >= 4 is 21.6 Å². The lowest BCUT2D eigenvalue weighted by Gasteiger charge is -2.28. The van der Waals surface area contributed by atoms with Gasteiger partial charge >= 0.3 is 0 Å². The van der Waals surface area contributed by atoms with E-state index < -0.39 is 16.1 Å². The van der Waals surface area contributed by atoms with Gasteiger partial charge in [0.25, 0.3) is 0 Å². The van der Waals surface area contributed by atoms with Gasteiger partial charge in [-0.3, -0.25) is 9.10 Å². The smallest absolute Gasteiger partial charge is 0.243 e. The van der Waals surface area contributed by atoms with Crippen LogP contribution in [0.4, 0.5) is 5.69 Å². The van der Waals surface area contributed by atoms with Gasteiger partial charge in [0.1, 0.15) is 11.8 Å². The molecule has 7 heteroatoms. The molecule has 1 amide bonds. The number of allylic oxidation sites excluding steroid dienone is 1. The summed E-state index contributed by atoms with van der Waals surface area (Å²) >= 11 is 0. The normalized spacial score (nSPS) is 15.7. The predicted molar refractivity (Wildman–Crippen MR) is 104 cm³/mol. The number of hydrogen-bond acceptors (Lipinski definition) is 4. The SMILES string of the molecule is COc1cccc(N([C@@H](C)C(=O)NCCC2=CCCCC2)S(C)(=O)=O)c1. The first-order chi connectivity index (χ1) is 12.3. The Hall–Kier alpha value is -2.02. The molecule has 1 atom stereocenters. The van der Waals surface area contributed by atoms with Gasteiger partial charge in [-0.2, -0.15) is 0 Å². The minimum atomic E-state index is -3.63. The van der Waals surface area contributed by atoms with Crippen molar-refractivity contribution < 1.29 is 17.9 Å². The Morgan fingerprint density at radius 3 is 2.73 bits per heavy atom. The zero-order valence-corrected chi connectivity index (χ0v) is 16.5. The fourth-order valence-electron chi connectivity index (χ4n) is 3.18. The monoisotopic (exact) mass is 380 g/mol. The molecule has 2 rings (SSSR count). The standard InChI is InChI=1S/C19H28N2O4S/c1-15(19(22)20-13-12-16-8-5-4-6-9-16)21(26(3,23)24)17-10-7-11-18(14-17)25-2/h7-8,10-11,14-15H,4-6,9,12-13H2,1-3H3,(H,20,22)/t15-/m0/s1. The molecular weight excluding hydrogens is 352 g/mol. The molecule has 1 aliphatic rings. The first-order valence-electron chi connectivity index (χ1n) is 8.92. The van der Waals surface area contributed by atoms with Crippen LogP contribution in [0, 0.1) is 0 Å². The molecule has 0 fully saturated rings. The van der Waals surface area contributed by atoms with E-state index >= 15 is 0 Å². The summed E-state index contributed by atoms with van der Waals surface area (Å²) in [5, 5.41) is 2.86.